The van der Waals surface area contributed by atoms with E-state index in [0.717, 1.165) is 21.9 Å². The average Bonchev–Trinajstić information content (AvgIpc) is 3.04. The van der Waals surface area contributed by atoms with Crippen LogP contribution in [0, 0.1) is 6.92 Å². The SMILES string of the molecule is COc1cccc(-c2nnc(NC(=O)c3ccc(C)cc3)s2)c1. The Hall–Kier alpha value is -2.73. The van der Waals surface area contributed by atoms with Crippen LogP contribution in [0.3, 0.4) is 0 Å². The molecule has 0 radical (unpaired) electrons. The molecule has 0 fully saturated rings. The van der Waals surface area contributed by atoms with Crippen LogP contribution in [0.15, 0.2) is 48.5 Å². The van der Waals surface area contributed by atoms with Crippen LogP contribution in [-0.4, -0.2) is 23.2 Å². The van der Waals surface area contributed by atoms with E-state index < -0.39 is 0 Å². The van der Waals surface area contributed by atoms with Crippen LogP contribution >= 0.6 is 11.3 Å². The van der Waals surface area contributed by atoms with Gasteiger partial charge in [-0.3, -0.25) is 10.1 Å². The number of aryl methyl sites for hydroxylation is 1. The van der Waals surface area contributed by atoms with Crippen LogP contribution in [-0.2, 0) is 0 Å². The van der Waals surface area contributed by atoms with E-state index >= 15 is 0 Å². The van der Waals surface area contributed by atoms with Crippen LogP contribution in [0.4, 0.5) is 5.13 Å². The van der Waals surface area contributed by atoms with E-state index in [-0.39, 0.29) is 5.91 Å². The summed E-state index contributed by atoms with van der Waals surface area (Å²) in [5.41, 5.74) is 2.60. The number of nitrogens with zero attached hydrogens (tertiary/aromatic N) is 2. The second-order valence-corrected chi connectivity index (χ2v) is 5.94. The molecule has 0 aliphatic heterocycles. The summed E-state index contributed by atoms with van der Waals surface area (Å²) < 4.78 is 5.20. The zero-order chi connectivity index (χ0) is 16.2. The molecule has 1 N–H and O–H groups in total. The van der Waals surface area contributed by atoms with E-state index in [9.17, 15) is 4.79 Å². The van der Waals surface area contributed by atoms with Crippen molar-refractivity contribution in [2.24, 2.45) is 0 Å². The van der Waals surface area contributed by atoms with E-state index in [0.29, 0.717) is 10.7 Å². The molecule has 1 heterocycles. The van der Waals surface area contributed by atoms with Crippen molar-refractivity contribution in [2.75, 3.05) is 12.4 Å². The monoisotopic (exact) mass is 325 g/mol. The predicted molar refractivity (Wildman–Crippen MR) is 91.0 cm³/mol. The second kappa shape index (κ2) is 6.58. The fourth-order valence-corrected chi connectivity index (χ4v) is 2.76. The second-order valence-electron chi connectivity index (χ2n) is 4.96. The molecule has 0 aliphatic rings. The van der Waals surface area contributed by atoms with Gasteiger partial charge in [-0.1, -0.05) is 41.2 Å². The molecule has 0 saturated heterocycles. The van der Waals surface area contributed by atoms with E-state index in [2.05, 4.69) is 15.5 Å². The Labute approximate surface area is 138 Å². The average molecular weight is 325 g/mol. The van der Waals surface area contributed by atoms with Crippen molar-refractivity contribution in [2.45, 2.75) is 6.92 Å². The maximum absolute atomic E-state index is 12.2. The van der Waals surface area contributed by atoms with Gasteiger partial charge in [0.25, 0.3) is 5.91 Å². The van der Waals surface area contributed by atoms with Gasteiger partial charge in [-0.15, -0.1) is 10.2 Å². The molecule has 0 saturated carbocycles. The molecule has 6 heteroatoms. The normalized spacial score (nSPS) is 10.3. The lowest BCUT2D eigenvalue weighted by Crippen LogP contribution is -2.11. The minimum atomic E-state index is -0.196. The van der Waals surface area contributed by atoms with Crippen LogP contribution in [0.2, 0.25) is 0 Å². The van der Waals surface area contributed by atoms with Gasteiger partial charge in [-0.25, -0.2) is 0 Å². The number of ether oxygens (including phenoxy) is 1. The highest BCUT2D eigenvalue weighted by Crippen LogP contribution is 2.28. The maximum Gasteiger partial charge on any atom is 0.257 e. The number of hydrogen-bond acceptors (Lipinski definition) is 5. The van der Waals surface area contributed by atoms with Crippen LogP contribution in [0.25, 0.3) is 10.6 Å². The van der Waals surface area contributed by atoms with Crippen molar-refractivity contribution < 1.29 is 9.53 Å². The van der Waals surface area contributed by atoms with Gasteiger partial charge in [0.2, 0.25) is 5.13 Å². The third-order valence-electron chi connectivity index (χ3n) is 3.28. The Kier molecular flexibility index (Phi) is 4.34. The Morgan fingerprint density at radius 1 is 1.13 bits per heavy atom. The summed E-state index contributed by atoms with van der Waals surface area (Å²) >= 11 is 1.32. The van der Waals surface area contributed by atoms with Crippen molar-refractivity contribution >= 4 is 22.4 Å². The summed E-state index contributed by atoms with van der Waals surface area (Å²) in [5.74, 6) is 0.557. The van der Waals surface area contributed by atoms with Crippen molar-refractivity contribution in [3.05, 3.63) is 59.7 Å². The molecule has 3 rings (SSSR count). The molecule has 116 valence electrons. The quantitative estimate of drug-likeness (QED) is 0.793. The zero-order valence-corrected chi connectivity index (χ0v) is 13.6. The fraction of sp³-hybridized carbons (Fsp3) is 0.118. The number of carbonyl (C=O) groups is 1. The van der Waals surface area contributed by atoms with Gasteiger partial charge in [-0.2, -0.15) is 0 Å². The molecule has 0 bridgehead atoms. The molecule has 3 aromatic rings. The number of methoxy groups -OCH3 is 1. The summed E-state index contributed by atoms with van der Waals surface area (Å²) in [5, 5.41) is 12.1. The maximum atomic E-state index is 12.2. The molecule has 0 unspecified atom stereocenters. The van der Waals surface area contributed by atoms with Gasteiger partial charge >= 0.3 is 0 Å². The van der Waals surface area contributed by atoms with Gasteiger partial charge in [-0.05, 0) is 31.2 Å². The number of carbonyl (C=O) groups excluding carboxylic acids is 1. The third kappa shape index (κ3) is 3.54. The first-order valence-electron chi connectivity index (χ1n) is 7.01. The lowest BCUT2D eigenvalue weighted by molar-refractivity contribution is 0.102. The molecule has 2 aromatic carbocycles. The first-order chi connectivity index (χ1) is 11.2. The van der Waals surface area contributed by atoms with Crippen molar-refractivity contribution in [3.8, 4) is 16.3 Å². The van der Waals surface area contributed by atoms with Gasteiger partial charge in [0.15, 0.2) is 0 Å². The first-order valence-corrected chi connectivity index (χ1v) is 7.83. The number of nitrogens with one attached hydrogen (secondary N) is 1. The smallest absolute Gasteiger partial charge is 0.257 e. The summed E-state index contributed by atoms with van der Waals surface area (Å²) in [7, 11) is 1.62. The number of rotatable bonds is 4. The van der Waals surface area contributed by atoms with Gasteiger partial charge < -0.3 is 4.74 Å². The van der Waals surface area contributed by atoms with Crippen LogP contribution in [0.5, 0.6) is 5.75 Å². The molecule has 0 spiro atoms. The molecule has 1 aromatic heterocycles. The van der Waals surface area contributed by atoms with Crippen LogP contribution < -0.4 is 10.1 Å². The number of amides is 1. The number of anilines is 1. The summed E-state index contributed by atoms with van der Waals surface area (Å²) in [4.78, 5) is 12.2. The molecular weight excluding hydrogens is 310 g/mol. The molecule has 23 heavy (non-hydrogen) atoms. The minimum Gasteiger partial charge on any atom is -0.497 e. The largest absolute Gasteiger partial charge is 0.497 e. The highest BCUT2D eigenvalue weighted by Gasteiger charge is 2.11. The van der Waals surface area contributed by atoms with Crippen molar-refractivity contribution in [3.63, 3.8) is 0 Å². The molecule has 0 aliphatic carbocycles. The van der Waals surface area contributed by atoms with E-state index in [4.69, 9.17) is 4.74 Å². The van der Waals surface area contributed by atoms with Crippen molar-refractivity contribution in [1.29, 1.82) is 0 Å². The fourth-order valence-electron chi connectivity index (χ4n) is 2.02. The Balaban J connectivity index is 1.76. The Morgan fingerprint density at radius 3 is 2.65 bits per heavy atom. The standard InChI is InChI=1S/C17H15N3O2S/c1-11-6-8-12(9-7-11)15(21)18-17-20-19-16(23-17)13-4-3-5-14(10-13)22-2/h3-10H,1-2H3,(H,18,20,21). The molecule has 0 atom stereocenters. The summed E-state index contributed by atoms with van der Waals surface area (Å²) in [6.07, 6.45) is 0. The van der Waals surface area contributed by atoms with E-state index in [1.165, 1.54) is 11.3 Å². The van der Waals surface area contributed by atoms with Gasteiger partial charge in [0.05, 0.1) is 7.11 Å². The van der Waals surface area contributed by atoms with Crippen LogP contribution in [0.1, 0.15) is 15.9 Å². The molecular formula is C17H15N3O2S. The summed E-state index contributed by atoms with van der Waals surface area (Å²) in [6, 6.07) is 14.9. The first kappa shape index (κ1) is 15.2. The lowest BCUT2D eigenvalue weighted by atomic mass is 10.1. The van der Waals surface area contributed by atoms with Gasteiger partial charge in [0, 0.05) is 11.1 Å². The van der Waals surface area contributed by atoms with Crippen molar-refractivity contribution in [1.82, 2.24) is 10.2 Å². The number of aromatic nitrogens is 2. The molecule has 5 nitrogen and oxygen atoms in total. The van der Waals surface area contributed by atoms with E-state index in [1.54, 1.807) is 19.2 Å². The highest BCUT2D eigenvalue weighted by atomic mass is 32.1. The third-order valence-corrected chi connectivity index (χ3v) is 4.16. The Bertz CT molecular complexity index is 828. The predicted octanol–water partition coefficient (Wildman–Crippen LogP) is 3.77. The molecule has 1 amide bonds. The zero-order valence-electron chi connectivity index (χ0n) is 12.7. The van der Waals surface area contributed by atoms with Gasteiger partial charge in [0.1, 0.15) is 10.8 Å². The van der Waals surface area contributed by atoms with E-state index in [1.807, 2.05) is 43.3 Å². The number of benzene rings is 2. The lowest BCUT2D eigenvalue weighted by Gasteiger charge is -2.01. The summed E-state index contributed by atoms with van der Waals surface area (Å²) in [6.45, 7) is 1.98. The Morgan fingerprint density at radius 2 is 1.91 bits per heavy atom. The highest BCUT2D eigenvalue weighted by molar-refractivity contribution is 7.18. The number of hydrogen-bond donors (Lipinski definition) is 1. The topological polar surface area (TPSA) is 64.1 Å². The minimum absolute atomic E-state index is 0.196.